The summed E-state index contributed by atoms with van der Waals surface area (Å²) in [4.78, 5) is 29.7. The van der Waals surface area contributed by atoms with E-state index in [1.54, 1.807) is 36.4 Å². The summed E-state index contributed by atoms with van der Waals surface area (Å²) < 4.78 is 29.9. The summed E-state index contributed by atoms with van der Waals surface area (Å²) >= 11 is 9.72. The maximum atomic E-state index is 14.4. The fourth-order valence-electron chi connectivity index (χ4n) is 4.64. The lowest BCUT2D eigenvalue weighted by molar-refractivity contribution is -0.140. The number of sulfonamides is 1. The molecule has 0 spiro atoms. The van der Waals surface area contributed by atoms with Gasteiger partial charge in [0, 0.05) is 29.0 Å². The molecule has 0 aliphatic rings. The van der Waals surface area contributed by atoms with Crippen molar-refractivity contribution < 1.29 is 18.0 Å². The minimum Gasteiger partial charge on any atom is -0.354 e. The highest BCUT2D eigenvalue weighted by molar-refractivity contribution is 9.10. The van der Waals surface area contributed by atoms with Crippen LogP contribution in [0.5, 0.6) is 0 Å². The van der Waals surface area contributed by atoms with E-state index in [2.05, 4.69) is 21.2 Å². The van der Waals surface area contributed by atoms with Gasteiger partial charge in [0.25, 0.3) is 10.0 Å². The minimum atomic E-state index is -4.18. The molecule has 0 aliphatic heterocycles. The average Bonchev–Trinajstić information content (AvgIpc) is 3.02. The van der Waals surface area contributed by atoms with Gasteiger partial charge in [-0.2, -0.15) is 0 Å². The topological polar surface area (TPSA) is 86.8 Å². The SMILES string of the molecule is CC(C)CNC(=O)[C@@H](Cc1ccccc1)N(Cc1ccc(Br)cc1)C(=O)CN(c1cccc(Cl)c1)S(=O)(=O)c1ccccc1. The van der Waals surface area contributed by atoms with Crippen LogP contribution in [0.25, 0.3) is 0 Å². The van der Waals surface area contributed by atoms with Gasteiger partial charge in [-0.15, -0.1) is 0 Å². The molecule has 4 aromatic carbocycles. The summed E-state index contributed by atoms with van der Waals surface area (Å²) in [6, 6.07) is 30.3. The molecule has 1 N–H and O–H groups in total. The quantitative estimate of drug-likeness (QED) is 0.168. The molecule has 0 heterocycles. The predicted molar refractivity (Wildman–Crippen MR) is 179 cm³/mol. The number of carbonyl (C=O) groups excluding carboxylic acids is 2. The molecule has 0 aliphatic carbocycles. The van der Waals surface area contributed by atoms with Crippen LogP contribution in [0, 0.1) is 5.92 Å². The van der Waals surface area contributed by atoms with Crippen LogP contribution in [0.3, 0.4) is 0 Å². The second-order valence-corrected chi connectivity index (χ2v) is 14.0. The van der Waals surface area contributed by atoms with E-state index >= 15 is 0 Å². The van der Waals surface area contributed by atoms with E-state index in [9.17, 15) is 18.0 Å². The smallest absolute Gasteiger partial charge is 0.264 e. The summed E-state index contributed by atoms with van der Waals surface area (Å²) in [7, 11) is -4.18. The zero-order valence-corrected chi connectivity index (χ0v) is 27.7. The fourth-order valence-corrected chi connectivity index (χ4v) is 6.52. The normalized spacial score (nSPS) is 12.0. The van der Waals surface area contributed by atoms with Crippen molar-refractivity contribution in [2.24, 2.45) is 5.92 Å². The summed E-state index contributed by atoms with van der Waals surface area (Å²) in [5, 5.41) is 3.32. The van der Waals surface area contributed by atoms with Gasteiger partial charge in [0.2, 0.25) is 11.8 Å². The largest absolute Gasteiger partial charge is 0.354 e. The fraction of sp³-hybridized carbons (Fsp3) is 0.235. The number of halogens is 2. The van der Waals surface area contributed by atoms with E-state index in [0.29, 0.717) is 11.6 Å². The van der Waals surface area contributed by atoms with Gasteiger partial charge in [-0.25, -0.2) is 8.42 Å². The molecule has 10 heteroatoms. The van der Waals surface area contributed by atoms with Crippen LogP contribution < -0.4 is 9.62 Å². The van der Waals surface area contributed by atoms with E-state index in [1.165, 1.54) is 23.1 Å². The minimum absolute atomic E-state index is 0.0303. The van der Waals surface area contributed by atoms with Crippen LogP contribution >= 0.6 is 27.5 Å². The van der Waals surface area contributed by atoms with E-state index in [1.807, 2.05) is 68.4 Å². The van der Waals surface area contributed by atoms with Crippen LogP contribution in [0.15, 0.2) is 119 Å². The number of nitrogens with one attached hydrogen (secondary N) is 1. The van der Waals surface area contributed by atoms with Crippen molar-refractivity contribution in [3.63, 3.8) is 0 Å². The highest BCUT2D eigenvalue weighted by atomic mass is 79.9. The molecule has 0 saturated heterocycles. The predicted octanol–water partition coefficient (Wildman–Crippen LogP) is 6.71. The Labute approximate surface area is 273 Å². The molecule has 4 aromatic rings. The highest BCUT2D eigenvalue weighted by Gasteiger charge is 2.34. The molecule has 7 nitrogen and oxygen atoms in total. The van der Waals surface area contributed by atoms with Gasteiger partial charge in [0.15, 0.2) is 0 Å². The van der Waals surface area contributed by atoms with Crippen molar-refractivity contribution in [2.75, 3.05) is 17.4 Å². The number of rotatable bonds is 13. The molecular formula is C34H35BrClN3O4S. The molecule has 0 fully saturated rings. The Kier molecular flexibility index (Phi) is 11.6. The Bertz CT molecular complexity index is 1650. The van der Waals surface area contributed by atoms with Crippen molar-refractivity contribution in [3.05, 3.63) is 130 Å². The summed E-state index contributed by atoms with van der Waals surface area (Å²) in [5.41, 5.74) is 1.90. The molecule has 0 radical (unpaired) electrons. The Morgan fingerprint density at radius 2 is 1.48 bits per heavy atom. The number of hydrogen-bond donors (Lipinski definition) is 1. The zero-order chi connectivity index (χ0) is 31.7. The first kappa shape index (κ1) is 33.2. The van der Waals surface area contributed by atoms with E-state index in [0.717, 1.165) is 19.9 Å². The van der Waals surface area contributed by atoms with Gasteiger partial charge in [0.05, 0.1) is 10.6 Å². The van der Waals surface area contributed by atoms with Crippen LogP contribution in [0.4, 0.5) is 5.69 Å². The third-order valence-corrected chi connectivity index (χ3v) is 9.48. The lowest BCUT2D eigenvalue weighted by atomic mass is 10.0. The number of amides is 2. The van der Waals surface area contributed by atoms with Crippen molar-refractivity contribution in [3.8, 4) is 0 Å². The number of hydrogen-bond acceptors (Lipinski definition) is 4. The van der Waals surface area contributed by atoms with Gasteiger partial charge in [-0.1, -0.05) is 108 Å². The molecule has 0 bridgehead atoms. The van der Waals surface area contributed by atoms with Gasteiger partial charge in [0.1, 0.15) is 12.6 Å². The molecule has 0 saturated carbocycles. The number of anilines is 1. The first-order chi connectivity index (χ1) is 21.0. The maximum Gasteiger partial charge on any atom is 0.264 e. The first-order valence-corrected chi connectivity index (χ1v) is 16.8. The summed E-state index contributed by atoms with van der Waals surface area (Å²) in [5.74, 6) is -0.650. The summed E-state index contributed by atoms with van der Waals surface area (Å²) in [6.45, 7) is 3.97. The molecular weight excluding hydrogens is 662 g/mol. The molecule has 230 valence electrons. The van der Waals surface area contributed by atoms with Crippen LogP contribution in [-0.4, -0.2) is 44.3 Å². The number of carbonyl (C=O) groups is 2. The highest BCUT2D eigenvalue weighted by Crippen LogP contribution is 2.27. The maximum absolute atomic E-state index is 14.4. The molecule has 0 unspecified atom stereocenters. The van der Waals surface area contributed by atoms with Gasteiger partial charge < -0.3 is 10.2 Å². The van der Waals surface area contributed by atoms with Crippen LogP contribution in [0.2, 0.25) is 5.02 Å². The number of nitrogens with zero attached hydrogens (tertiary/aromatic N) is 2. The Balaban J connectivity index is 1.79. The van der Waals surface area contributed by atoms with Crippen molar-refractivity contribution in [1.82, 2.24) is 10.2 Å². The Morgan fingerprint density at radius 3 is 2.09 bits per heavy atom. The standard InChI is InChI=1S/C34H35BrClN3O4S/c1-25(2)22-37-34(41)32(20-26-10-5-3-6-11-26)38(23-27-16-18-28(35)19-17-27)33(40)24-39(30-13-9-12-29(36)21-30)44(42,43)31-14-7-4-8-15-31/h3-19,21,25,32H,20,22-24H2,1-2H3,(H,37,41)/t32-/m1/s1. The van der Waals surface area contributed by atoms with E-state index in [4.69, 9.17) is 11.6 Å². The van der Waals surface area contributed by atoms with Crippen molar-refractivity contribution in [2.45, 2.75) is 37.8 Å². The Hall–Kier alpha value is -3.66. The third-order valence-electron chi connectivity index (χ3n) is 6.93. The second kappa shape index (κ2) is 15.4. The van der Waals surface area contributed by atoms with E-state index in [-0.39, 0.29) is 35.4 Å². The van der Waals surface area contributed by atoms with Crippen LogP contribution in [-0.2, 0) is 32.6 Å². The molecule has 44 heavy (non-hydrogen) atoms. The van der Waals surface area contributed by atoms with Crippen molar-refractivity contribution in [1.29, 1.82) is 0 Å². The van der Waals surface area contributed by atoms with E-state index < -0.39 is 28.5 Å². The van der Waals surface area contributed by atoms with Gasteiger partial charge >= 0.3 is 0 Å². The monoisotopic (exact) mass is 695 g/mol. The lowest BCUT2D eigenvalue weighted by Gasteiger charge is -2.34. The lowest BCUT2D eigenvalue weighted by Crippen LogP contribution is -2.53. The Morgan fingerprint density at radius 1 is 0.841 bits per heavy atom. The van der Waals surface area contributed by atoms with Gasteiger partial charge in [-0.05, 0) is 59.5 Å². The molecule has 2 amide bonds. The first-order valence-electron chi connectivity index (χ1n) is 14.2. The summed E-state index contributed by atoms with van der Waals surface area (Å²) in [6.07, 6.45) is 0.246. The van der Waals surface area contributed by atoms with Crippen molar-refractivity contribution >= 4 is 55.1 Å². The number of benzene rings is 4. The zero-order valence-electron chi connectivity index (χ0n) is 24.6. The van der Waals surface area contributed by atoms with Gasteiger partial charge in [-0.3, -0.25) is 13.9 Å². The third kappa shape index (κ3) is 8.94. The second-order valence-electron chi connectivity index (χ2n) is 10.8. The molecule has 1 atom stereocenters. The molecule has 4 rings (SSSR count). The van der Waals surface area contributed by atoms with Crippen LogP contribution in [0.1, 0.15) is 25.0 Å². The average molecular weight is 697 g/mol. The molecule has 0 aromatic heterocycles.